The van der Waals surface area contributed by atoms with E-state index in [0.29, 0.717) is 4.91 Å². The summed E-state index contributed by atoms with van der Waals surface area (Å²) in [5.41, 5.74) is 1.94. The molecule has 32 heavy (non-hydrogen) atoms. The van der Waals surface area contributed by atoms with Crippen LogP contribution in [0, 0.1) is 12.8 Å². The first-order valence-corrected chi connectivity index (χ1v) is 11.0. The van der Waals surface area contributed by atoms with Crippen LogP contribution in [0.25, 0.3) is 6.08 Å². The van der Waals surface area contributed by atoms with E-state index in [4.69, 9.17) is 4.42 Å². The highest BCUT2D eigenvalue weighted by atomic mass is 32.2. The van der Waals surface area contributed by atoms with Crippen LogP contribution in [-0.2, 0) is 9.59 Å². The van der Waals surface area contributed by atoms with Crippen molar-refractivity contribution in [2.24, 2.45) is 5.92 Å². The Balaban J connectivity index is 1.55. The first-order chi connectivity index (χ1) is 15.3. The maximum absolute atomic E-state index is 12.6. The first-order valence-electron chi connectivity index (χ1n) is 10.2. The number of furan rings is 1. The molecule has 168 valence electrons. The largest absolute Gasteiger partial charge is 0.459 e. The van der Waals surface area contributed by atoms with Crippen LogP contribution in [0.2, 0.25) is 0 Å². The van der Waals surface area contributed by atoms with E-state index >= 15 is 0 Å². The standard InChI is InChI=1S/C23H25N3O5S/c1-14(2)19(25-20(27)17-5-4-12-31-17)21(28)24-10-11-26-22(29)18(32-23(26)30)13-16-8-6-15(3)7-9-16/h4-9,12-14,19H,10-11H2,1-3H3,(H,24,28)(H,25,27)/b18-13+/t19-/m0/s1. The van der Waals surface area contributed by atoms with Crippen LogP contribution in [0.3, 0.4) is 0 Å². The van der Waals surface area contributed by atoms with Gasteiger partial charge in [-0.05, 0) is 48.4 Å². The predicted molar refractivity (Wildman–Crippen MR) is 122 cm³/mol. The molecule has 0 saturated carbocycles. The van der Waals surface area contributed by atoms with E-state index in [9.17, 15) is 19.2 Å². The Labute approximate surface area is 190 Å². The van der Waals surface area contributed by atoms with Gasteiger partial charge in [-0.25, -0.2) is 0 Å². The maximum Gasteiger partial charge on any atom is 0.293 e. The zero-order valence-electron chi connectivity index (χ0n) is 18.1. The Kier molecular flexibility index (Phi) is 7.53. The summed E-state index contributed by atoms with van der Waals surface area (Å²) in [5, 5.41) is 4.96. The number of hydrogen-bond acceptors (Lipinski definition) is 6. The van der Waals surface area contributed by atoms with Crippen LogP contribution in [0.15, 0.2) is 52.0 Å². The summed E-state index contributed by atoms with van der Waals surface area (Å²) in [5.74, 6) is -1.34. The van der Waals surface area contributed by atoms with Gasteiger partial charge in [0.05, 0.1) is 11.2 Å². The maximum atomic E-state index is 12.6. The van der Waals surface area contributed by atoms with Gasteiger partial charge in [0.2, 0.25) is 5.91 Å². The number of nitrogens with zero attached hydrogens (tertiary/aromatic N) is 1. The van der Waals surface area contributed by atoms with Crippen molar-refractivity contribution in [3.63, 3.8) is 0 Å². The van der Waals surface area contributed by atoms with E-state index in [1.54, 1.807) is 26.0 Å². The molecule has 2 heterocycles. The van der Waals surface area contributed by atoms with E-state index in [-0.39, 0.29) is 35.9 Å². The zero-order valence-corrected chi connectivity index (χ0v) is 18.9. The van der Waals surface area contributed by atoms with Crippen molar-refractivity contribution in [1.29, 1.82) is 0 Å². The van der Waals surface area contributed by atoms with E-state index in [2.05, 4.69) is 10.6 Å². The quantitative estimate of drug-likeness (QED) is 0.592. The lowest BCUT2D eigenvalue weighted by atomic mass is 10.0. The van der Waals surface area contributed by atoms with E-state index < -0.39 is 17.9 Å². The molecule has 4 amide bonds. The molecular weight excluding hydrogens is 430 g/mol. The van der Waals surface area contributed by atoms with Gasteiger partial charge in [-0.15, -0.1) is 0 Å². The Morgan fingerprint density at radius 2 is 1.88 bits per heavy atom. The summed E-state index contributed by atoms with van der Waals surface area (Å²) in [4.78, 5) is 51.2. The van der Waals surface area contributed by atoms with E-state index in [0.717, 1.165) is 27.8 Å². The lowest BCUT2D eigenvalue weighted by Crippen LogP contribution is -2.51. The number of imide groups is 1. The van der Waals surface area contributed by atoms with Crippen LogP contribution in [0.5, 0.6) is 0 Å². The minimum Gasteiger partial charge on any atom is -0.459 e. The summed E-state index contributed by atoms with van der Waals surface area (Å²) >= 11 is 0.876. The van der Waals surface area contributed by atoms with Gasteiger partial charge in [0, 0.05) is 13.1 Å². The second kappa shape index (κ2) is 10.3. The summed E-state index contributed by atoms with van der Waals surface area (Å²) in [6.07, 6.45) is 3.06. The number of thioether (sulfide) groups is 1. The molecule has 0 unspecified atom stereocenters. The molecule has 9 heteroatoms. The van der Waals surface area contributed by atoms with Crippen LogP contribution >= 0.6 is 11.8 Å². The number of nitrogens with one attached hydrogen (secondary N) is 2. The molecule has 2 aromatic rings. The number of hydrogen-bond donors (Lipinski definition) is 2. The van der Waals surface area contributed by atoms with Crippen molar-refractivity contribution in [3.05, 3.63) is 64.5 Å². The molecule has 3 rings (SSSR count). The third-order valence-corrected chi connectivity index (χ3v) is 5.77. The number of amides is 4. The number of carbonyl (C=O) groups excluding carboxylic acids is 4. The Morgan fingerprint density at radius 1 is 1.16 bits per heavy atom. The lowest BCUT2D eigenvalue weighted by Gasteiger charge is -2.22. The molecule has 0 radical (unpaired) electrons. The topological polar surface area (TPSA) is 109 Å². The monoisotopic (exact) mass is 455 g/mol. The van der Waals surface area contributed by atoms with Crippen molar-refractivity contribution in [2.75, 3.05) is 13.1 Å². The number of carbonyl (C=O) groups is 4. The fraction of sp³-hybridized carbons (Fsp3) is 0.304. The third kappa shape index (κ3) is 5.67. The second-order valence-electron chi connectivity index (χ2n) is 7.71. The van der Waals surface area contributed by atoms with Crippen molar-refractivity contribution in [1.82, 2.24) is 15.5 Å². The molecule has 0 bridgehead atoms. The predicted octanol–water partition coefficient (Wildman–Crippen LogP) is 3.20. The van der Waals surface area contributed by atoms with Crippen molar-refractivity contribution < 1.29 is 23.6 Å². The highest BCUT2D eigenvalue weighted by Crippen LogP contribution is 2.31. The molecule has 1 atom stereocenters. The molecule has 1 aliphatic heterocycles. The highest BCUT2D eigenvalue weighted by molar-refractivity contribution is 8.18. The minimum absolute atomic E-state index is 0.0403. The SMILES string of the molecule is Cc1ccc(/C=C2/SC(=O)N(CCNC(=O)[C@@H](NC(=O)c3ccco3)C(C)C)C2=O)cc1. The average molecular weight is 456 g/mol. The van der Waals surface area contributed by atoms with Gasteiger partial charge in [0.1, 0.15) is 6.04 Å². The fourth-order valence-corrected chi connectivity index (χ4v) is 3.93. The number of rotatable bonds is 8. The summed E-state index contributed by atoms with van der Waals surface area (Å²) in [6.45, 7) is 5.70. The first kappa shape index (κ1) is 23.3. The lowest BCUT2D eigenvalue weighted by molar-refractivity contribution is -0.125. The van der Waals surface area contributed by atoms with Crippen LogP contribution in [-0.4, -0.2) is 47.0 Å². The van der Waals surface area contributed by atoms with Gasteiger partial charge in [-0.2, -0.15) is 0 Å². The molecule has 1 aromatic carbocycles. The van der Waals surface area contributed by atoms with Gasteiger partial charge in [-0.1, -0.05) is 43.7 Å². The van der Waals surface area contributed by atoms with Crippen LogP contribution < -0.4 is 10.6 Å². The van der Waals surface area contributed by atoms with E-state index in [1.165, 1.54) is 12.3 Å². The van der Waals surface area contributed by atoms with Crippen molar-refractivity contribution in [2.45, 2.75) is 26.8 Å². The highest BCUT2D eigenvalue weighted by Gasteiger charge is 2.35. The van der Waals surface area contributed by atoms with Crippen molar-refractivity contribution in [3.8, 4) is 0 Å². The average Bonchev–Trinajstić information content (AvgIpc) is 3.38. The Bertz CT molecular complexity index is 1030. The Hall–Kier alpha value is -3.33. The fourth-order valence-electron chi connectivity index (χ4n) is 3.06. The number of aryl methyl sites for hydroxylation is 1. The molecule has 0 aliphatic carbocycles. The van der Waals surface area contributed by atoms with Crippen molar-refractivity contribution >= 4 is 40.8 Å². The van der Waals surface area contributed by atoms with Gasteiger partial charge in [0.15, 0.2) is 5.76 Å². The van der Waals surface area contributed by atoms with Gasteiger partial charge < -0.3 is 15.1 Å². The third-order valence-electron chi connectivity index (χ3n) is 4.86. The smallest absolute Gasteiger partial charge is 0.293 e. The molecule has 2 N–H and O–H groups in total. The van der Waals surface area contributed by atoms with Gasteiger partial charge in [-0.3, -0.25) is 24.1 Å². The molecule has 1 saturated heterocycles. The van der Waals surface area contributed by atoms with Crippen LogP contribution in [0.1, 0.15) is 35.5 Å². The normalized spacial score (nSPS) is 16.0. The van der Waals surface area contributed by atoms with E-state index in [1.807, 2.05) is 31.2 Å². The minimum atomic E-state index is -0.788. The molecule has 1 fully saturated rings. The van der Waals surface area contributed by atoms with Crippen LogP contribution in [0.4, 0.5) is 4.79 Å². The summed E-state index contributed by atoms with van der Waals surface area (Å²) in [7, 11) is 0. The molecule has 1 aliphatic rings. The summed E-state index contributed by atoms with van der Waals surface area (Å²) < 4.78 is 5.05. The number of benzene rings is 1. The Morgan fingerprint density at radius 3 is 2.50 bits per heavy atom. The molecular formula is C23H25N3O5S. The van der Waals surface area contributed by atoms with Gasteiger partial charge >= 0.3 is 0 Å². The molecule has 1 aromatic heterocycles. The van der Waals surface area contributed by atoms with Gasteiger partial charge in [0.25, 0.3) is 17.1 Å². The molecule has 0 spiro atoms. The molecule has 8 nitrogen and oxygen atoms in total. The summed E-state index contributed by atoms with van der Waals surface area (Å²) in [6, 6.07) is 9.93. The second-order valence-corrected chi connectivity index (χ2v) is 8.70. The zero-order chi connectivity index (χ0) is 23.3.